The third-order valence-electron chi connectivity index (χ3n) is 2.79. The second-order valence-electron chi connectivity index (χ2n) is 4.01. The van der Waals surface area contributed by atoms with E-state index in [2.05, 4.69) is 15.5 Å². The molecule has 0 aliphatic heterocycles. The predicted octanol–water partition coefficient (Wildman–Crippen LogP) is 2.84. The monoisotopic (exact) mass is 211 g/mol. The summed E-state index contributed by atoms with van der Waals surface area (Å²) in [6.07, 6.45) is 6.99. The number of hydrogen-bond acceptors (Lipinski definition) is 4. The van der Waals surface area contributed by atoms with Gasteiger partial charge in [0, 0.05) is 6.54 Å². The third kappa shape index (κ3) is 2.67. The molecule has 3 nitrogen and oxygen atoms in total. The van der Waals surface area contributed by atoms with Crippen molar-refractivity contribution in [2.45, 2.75) is 39.0 Å². The maximum atomic E-state index is 4.06. The normalized spacial score (nSPS) is 18.4. The fourth-order valence-electron chi connectivity index (χ4n) is 1.99. The Bertz CT molecular complexity index is 279. The summed E-state index contributed by atoms with van der Waals surface area (Å²) in [5.74, 6) is 0.855. The van der Waals surface area contributed by atoms with Gasteiger partial charge in [0.25, 0.3) is 0 Å². The Labute approximate surface area is 88.9 Å². The van der Waals surface area contributed by atoms with Gasteiger partial charge in [-0.3, -0.25) is 0 Å². The average Bonchev–Trinajstić information content (AvgIpc) is 2.63. The van der Waals surface area contributed by atoms with Crippen LogP contribution in [0.2, 0.25) is 0 Å². The Kier molecular flexibility index (Phi) is 3.35. The van der Waals surface area contributed by atoms with Gasteiger partial charge in [0.15, 0.2) is 0 Å². The molecule has 0 saturated heterocycles. The summed E-state index contributed by atoms with van der Waals surface area (Å²) in [6.45, 7) is 3.07. The Hall–Kier alpha value is -0.640. The second-order valence-corrected chi connectivity index (χ2v) is 5.19. The summed E-state index contributed by atoms with van der Waals surface area (Å²) in [5.41, 5.74) is 0. The fraction of sp³-hybridized carbons (Fsp3) is 0.800. The molecule has 1 saturated carbocycles. The zero-order valence-corrected chi connectivity index (χ0v) is 9.44. The van der Waals surface area contributed by atoms with Crippen LogP contribution in [0.3, 0.4) is 0 Å². The Morgan fingerprint density at radius 1 is 1.29 bits per heavy atom. The topological polar surface area (TPSA) is 37.8 Å². The number of aryl methyl sites for hydroxylation is 1. The molecular weight excluding hydrogens is 194 g/mol. The first-order chi connectivity index (χ1) is 6.84. The van der Waals surface area contributed by atoms with Gasteiger partial charge in [-0.1, -0.05) is 30.6 Å². The van der Waals surface area contributed by atoms with Crippen LogP contribution in [0.15, 0.2) is 0 Å². The number of aromatic nitrogens is 2. The molecule has 1 aromatic heterocycles. The molecule has 0 spiro atoms. The maximum Gasteiger partial charge on any atom is 0.205 e. The van der Waals surface area contributed by atoms with E-state index >= 15 is 0 Å². The Balaban J connectivity index is 1.76. The number of rotatable bonds is 3. The predicted molar refractivity (Wildman–Crippen MR) is 59.7 cm³/mol. The molecule has 1 fully saturated rings. The van der Waals surface area contributed by atoms with Crippen molar-refractivity contribution in [2.75, 3.05) is 11.9 Å². The smallest absolute Gasteiger partial charge is 0.205 e. The van der Waals surface area contributed by atoms with Gasteiger partial charge in [-0.2, -0.15) is 0 Å². The molecule has 0 radical (unpaired) electrons. The molecule has 0 atom stereocenters. The SMILES string of the molecule is Cc1nnc(NCC2CCCCC2)s1. The zero-order chi connectivity index (χ0) is 9.80. The van der Waals surface area contributed by atoms with Gasteiger partial charge in [-0.25, -0.2) is 0 Å². The van der Waals surface area contributed by atoms with Crippen LogP contribution < -0.4 is 5.32 Å². The molecule has 14 heavy (non-hydrogen) atoms. The van der Waals surface area contributed by atoms with Gasteiger partial charge in [0.2, 0.25) is 5.13 Å². The van der Waals surface area contributed by atoms with E-state index in [0.717, 1.165) is 22.6 Å². The van der Waals surface area contributed by atoms with Crippen molar-refractivity contribution in [3.8, 4) is 0 Å². The summed E-state index contributed by atoms with van der Waals surface area (Å²) in [7, 11) is 0. The van der Waals surface area contributed by atoms with Crippen LogP contribution in [0.25, 0.3) is 0 Å². The van der Waals surface area contributed by atoms with E-state index < -0.39 is 0 Å². The van der Waals surface area contributed by atoms with Crippen LogP contribution >= 0.6 is 11.3 Å². The van der Waals surface area contributed by atoms with Gasteiger partial charge < -0.3 is 5.32 Å². The minimum atomic E-state index is 0.855. The van der Waals surface area contributed by atoms with Gasteiger partial charge >= 0.3 is 0 Å². The summed E-state index contributed by atoms with van der Waals surface area (Å²) in [6, 6.07) is 0. The Morgan fingerprint density at radius 2 is 2.07 bits per heavy atom. The lowest BCUT2D eigenvalue weighted by atomic mass is 9.89. The minimum absolute atomic E-state index is 0.855. The Morgan fingerprint density at radius 3 is 2.71 bits per heavy atom. The first-order valence-corrected chi connectivity index (χ1v) is 6.20. The molecule has 0 aromatic carbocycles. The van der Waals surface area contributed by atoms with Gasteiger partial charge in [-0.05, 0) is 25.7 Å². The minimum Gasteiger partial charge on any atom is -0.360 e. The number of hydrogen-bond donors (Lipinski definition) is 1. The van der Waals surface area contributed by atoms with Crippen LogP contribution in [-0.2, 0) is 0 Å². The fourth-order valence-corrected chi connectivity index (χ4v) is 2.59. The van der Waals surface area contributed by atoms with Gasteiger partial charge in [0.05, 0.1) is 0 Å². The van der Waals surface area contributed by atoms with Gasteiger partial charge in [-0.15, -0.1) is 10.2 Å². The highest BCUT2D eigenvalue weighted by Gasteiger charge is 2.13. The lowest BCUT2D eigenvalue weighted by molar-refractivity contribution is 0.373. The third-order valence-corrected chi connectivity index (χ3v) is 3.59. The van der Waals surface area contributed by atoms with Crippen LogP contribution in [-0.4, -0.2) is 16.7 Å². The van der Waals surface area contributed by atoms with Crippen molar-refractivity contribution in [1.29, 1.82) is 0 Å². The molecule has 0 unspecified atom stereocenters. The summed E-state index contributed by atoms with van der Waals surface area (Å²) < 4.78 is 0. The zero-order valence-electron chi connectivity index (χ0n) is 8.62. The van der Waals surface area contributed by atoms with Crippen LogP contribution in [0.1, 0.15) is 37.1 Å². The molecular formula is C10H17N3S. The largest absolute Gasteiger partial charge is 0.360 e. The molecule has 1 heterocycles. The highest BCUT2D eigenvalue weighted by atomic mass is 32.1. The summed E-state index contributed by atoms with van der Waals surface area (Å²) >= 11 is 1.64. The molecule has 0 bridgehead atoms. The lowest BCUT2D eigenvalue weighted by Crippen LogP contribution is -2.16. The van der Waals surface area contributed by atoms with E-state index in [1.807, 2.05) is 6.92 Å². The second kappa shape index (κ2) is 4.73. The van der Waals surface area contributed by atoms with E-state index in [-0.39, 0.29) is 0 Å². The van der Waals surface area contributed by atoms with Crippen molar-refractivity contribution in [2.24, 2.45) is 5.92 Å². The van der Waals surface area contributed by atoms with E-state index in [1.165, 1.54) is 32.1 Å². The van der Waals surface area contributed by atoms with Crippen molar-refractivity contribution in [3.63, 3.8) is 0 Å². The van der Waals surface area contributed by atoms with Crippen molar-refractivity contribution in [3.05, 3.63) is 5.01 Å². The molecule has 1 aliphatic rings. The van der Waals surface area contributed by atoms with Crippen LogP contribution in [0.5, 0.6) is 0 Å². The van der Waals surface area contributed by atoms with E-state index in [9.17, 15) is 0 Å². The molecule has 78 valence electrons. The molecule has 0 amide bonds. The molecule has 4 heteroatoms. The first-order valence-electron chi connectivity index (χ1n) is 5.38. The van der Waals surface area contributed by atoms with Crippen LogP contribution in [0.4, 0.5) is 5.13 Å². The van der Waals surface area contributed by atoms with E-state index in [4.69, 9.17) is 0 Å². The van der Waals surface area contributed by atoms with Gasteiger partial charge in [0.1, 0.15) is 5.01 Å². The van der Waals surface area contributed by atoms with Crippen molar-refractivity contribution in [1.82, 2.24) is 10.2 Å². The number of anilines is 1. The first kappa shape index (κ1) is 9.90. The number of nitrogens with zero attached hydrogens (tertiary/aromatic N) is 2. The van der Waals surface area contributed by atoms with E-state index in [1.54, 1.807) is 11.3 Å². The van der Waals surface area contributed by atoms with Crippen molar-refractivity contribution >= 4 is 16.5 Å². The van der Waals surface area contributed by atoms with E-state index in [0.29, 0.717) is 0 Å². The molecule has 2 rings (SSSR count). The van der Waals surface area contributed by atoms with Crippen LogP contribution in [0, 0.1) is 12.8 Å². The maximum absolute atomic E-state index is 4.06. The molecule has 1 aromatic rings. The quantitative estimate of drug-likeness (QED) is 0.835. The van der Waals surface area contributed by atoms with Crippen molar-refractivity contribution < 1.29 is 0 Å². The highest BCUT2D eigenvalue weighted by Crippen LogP contribution is 2.24. The molecule has 1 aliphatic carbocycles. The highest BCUT2D eigenvalue weighted by molar-refractivity contribution is 7.15. The number of nitrogens with one attached hydrogen (secondary N) is 1. The lowest BCUT2D eigenvalue weighted by Gasteiger charge is -2.21. The standard InChI is InChI=1S/C10H17N3S/c1-8-12-13-10(14-8)11-7-9-5-3-2-4-6-9/h9H,2-7H2,1H3,(H,11,13). The summed E-state index contributed by atoms with van der Waals surface area (Å²) in [4.78, 5) is 0. The molecule has 1 N–H and O–H groups in total. The average molecular weight is 211 g/mol. The summed E-state index contributed by atoms with van der Waals surface area (Å²) in [5, 5.41) is 13.4.